The maximum absolute atomic E-state index is 5.97. The normalized spacial score (nSPS) is 10.6. The van der Waals surface area contributed by atoms with Gasteiger partial charge >= 0.3 is 6.01 Å². The van der Waals surface area contributed by atoms with Crippen LogP contribution < -0.4 is 9.47 Å². The third-order valence-electron chi connectivity index (χ3n) is 2.40. The van der Waals surface area contributed by atoms with E-state index in [2.05, 4.69) is 15.0 Å². The quantitative estimate of drug-likeness (QED) is 0.627. The summed E-state index contributed by atoms with van der Waals surface area (Å²) in [7, 11) is 0. The van der Waals surface area contributed by atoms with Crippen molar-refractivity contribution in [1.29, 1.82) is 0 Å². The monoisotopic (exact) mass is 397 g/mol. The van der Waals surface area contributed by atoms with Crippen molar-refractivity contribution in [2.24, 2.45) is 0 Å². The summed E-state index contributed by atoms with van der Waals surface area (Å²) < 4.78 is 16.0. The van der Waals surface area contributed by atoms with Crippen molar-refractivity contribution in [3.63, 3.8) is 0 Å². The molecule has 0 aliphatic carbocycles. The number of aromatic nitrogens is 3. The number of ether oxygens (including phenoxy) is 3. The van der Waals surface area contributed by atoms with Crippen molar-refractivity contribution in [2.75, 3.05) is 26.4 Å². The van der Waals surface area contributed by atoms with E-state index in [1.165, 1.54) is 0 Å². The highest BCUT2D eigenvalue weighted by Crippen LogP contribution is 2.27. The Labute approximate surface area is 152 Å². The summed E-state index contributed by atoms with van der Waals surface area (Å²) in [6, 6.07) is 5.05. The van der Waals surface area contributed by atoms with Gasteiger partial charge in [0.1, 0.15) is 19.0 Å². The summed E-state index contributed by atoms with van der Waals surface area (Å²) in [5.41, 5.74) is 0. The molecular weight excluding hydrogens is 388 g/mol. The first-order valence-electron chi connectivity index (χ1n) is 6.40. The summed E-state index contributed by atoms with van der Waals surface area (Å²) in [5, 5.41) is 0.932. The smallest absolute Gasteiger partial charge is 0.322 e. The van der Waals surface area contributed by atoms with Crippen LogP contribution in [0.25, 0.3) is 0 Å². The Balaban J connectivity index is 1.60. The minimum atomic E-state index is -0.0332. The van der Waals surface area contributed by atoms with Crippen LogP contribution in [0.2, 0.25) is 20.6 Å². The fourth-order valence-corrected chi connectivity index (χ4v) is 2.28. The van der Waals surface area contributed by atoms with Crippen LogP contribution in [0, 0.1) is 0 Å². The molecular formula is C13H11Cl4N3O3. The van der Waals surface area contributed by atoms with Crippen molar-refractivity contribution in [2.45, 2.75) is 0 Å². The molecule has 0 saturated carbocycles. The van der Waals surface area contributed by atoms with E-state index < -0.39 is 0 Å². The minimum Gasteiger partial charge on any atom is -0.490 e. The van der Waals surface area contributed by atoms with Gasteiger partial charge in [-0.2, -0.15) is 15.0 Å². The van der Waals surface area contributed by atoms with Crippen molar-refractivity contribution >= 4 is 46.4 Å². The lowest BCUT2D eigenvalue weighted by Gasteiger charge is -2.09. The van der Waals surface area contributed by atoms with Gasteiger partial charge in [-0.05, 0) is 41.4 Å². The fraction of sp³-hybridized carbons (Fsp3) is 0.308. The van der Waals surface area contributed by atoms with Crippen LogP contribution in [0.4, 0.5) is 0 Å². The highest BCUT2D eigenvalue weighted by atomic mass is 35.5. The molecule has 1 heterocycles. The van der Waals surface area contributed by atoms with Crippen LogP contribution in [0.5, 0.6) is 11.8 Å². The third kappa shape index (κ3) is 6.53. The van der Waals surface area contributed by atoms with E-state index in [9.17, 15) is 0 Å². The molecule has 0 fully saturated rings. The molecule has 0 amide bonds. The summed E-state index contributed by atoms with van der Waals surface area (Å²) >= 11 is 23.0. The zero-order chi connectivity index (χ0) is 16.7. The first kappa shape index (κ1) is 18.3. The van der Waals surface area contributed by atoms with Crippen molar-refractivity contribution < 1.29 is 14.2 Å². The van der Waals surface area contributed by atoms with Crippen molar-refractivity contribution in [1.82, 2.24) is 15.0 Å². The molecule has 124 valence electrons. The Bertz CT molecular complexity index is 640. The number of hydrogen-bond donors (Lipinski definition) is 0. The van der Waals surface area contributed by atoms with E-state index in [1.54, 1.807) is 18.2 Å². The van der Waals surface area contributed by atoms with E-state index in [1.807, 2.05) is 0 Å². The van der Waals surface area contributed by atoms with Crippen LogP contribution in [0.15, 0.2) is 18.2 Å². The van der Waals surface area contributed by atoms with Gasteiger partial charge in [-0.25, -0.2) is 0 Å². The standard InChI is InChI=1S/C13H11Cl4N3O3/c14-8-1-2-10(9(15)7-8)22-5-3-21-4-6-23-13-19-11(16)18-12(17)20-13/h1-2,7H,3-6H2. The Morgan fingerprint density at radius 2 is 1.43 bits per heavy atom. The van der Waals surface area contributed by atoms with Gasteiger partial charge in [0.05, 0.1) is 18.2 Å². The van der Waals surface area contributed by atoms with E-state index in [-0.39, 0.29) is 23.2 Å². The molecule has 23 heavy (non-hydrogen) atoms. The molecule has 0 spiro atoms. The van der Waals surface area contributed by atoms with E-state index >= 15 is 0 Å². The molecule has 1 aromatic carbocycles. The van der Waals surface area contributed by atoms with Gasteiger partial charge in [0.2, 0.25) is 10.6 Å². The van der Waals surface area contributed by atoms with Crippen molar-refractivity contribution in [3.05, 3.63) is 38.8 Å². The fourth-order valence-electron chi connectivity index (χ4n) is 1.47. The van der Waals surface area contributed by atoms with E-state index in [0.29, 0.717) is 35.6 Å². The van der Waals surface area contributed by atoms with Crippen LogP contribution in [-0.2, 0) is 4.74 Å². The van der Waals surface area contributed by atoms with Crippen molar-refractivity contribution in [3.8, 4) is 11.8 Å². The zero-order valence-electron chi connectivity index (χ0n) is 11.6. The topological polar surface area (TPSA) is 66.4 Å². The Morgan fingerprint density at radius 3 is 2.09 bits per heavy atom. The van der Waals surface area contributed by atoms with Gasteiger partial charge in [-0.3, -0.25) is 0 Å². The average Bonchev–Trinajstić information content (AvgIpc) is 2.47. The summed E-state index contributed by atoms with van der Waals surface area (Å²) in [6.45, 7) is 1.25. The molecule has 0 radical (unpaired) electrons. The Hall–Kier alpha value is -1.05. The van der Waals surface area contributed by atoms with Gasteiger partial charge in [-0.15, -0.1) is 0 Å². The summed E-state index contributed by atoms with van der Waals surface area (Å²) in [6.07, 6.45) is 0. The molecule has 0 saturated heterocycles. The Kier molecular flexibility index (Phi) is 7.39. The molecule has 0 atom stereocenters. The molecule has 2 aromatic rings. The molecule has 6 nitrogen and oxygen atoms in total. The SMILES string of the molecule is Clc1ccc(OCCOCCOc2nc(Cl)nc(Cl)n2)c(Cl)c1. The predicted molar refractivity (Wildman–Crippen MR) is 88.1 cm³/mol. The highest BCUT2D eigenvalue weighted by molar-refractivity contribution is 6.35. The lowest BCUT2D eigenvalue weighted by Crippen LogP contribution is -2.13. The molecule has 2 rings (SSSR count). The maximum atomic E-state index is 5.97. The number of halogens is 4. The molecule has 10 heteroatoms. The Morgan fingerprint density at radius 1 is 0.783 bits per heavy atom. The number of hydrogen-bond acceptors (Lipinski definition) is 6. The minimum absolute atomic E-state index is 0.0332. The van der Waals surface area contributed by atoms with E-state index in [0.717, 1.165) is 0 Å². The summed E-state index contributed by atoms with van der Waals surface area (Å²) in [4.78, 5) is 11.1. The van der Waals surface area contributed by atoms with Crippen LogP contribution in [0.1, 0.15) is 0 Å². The van der Waals surface area contributed by atoms with Crippen LogP contribution in [0.3, 0.4) is 0 Å². The van der Waals surface area contributed by atoms with Crippen LogP contribution in [-0.4, -0.2) is 41.4 Å². The van der Waals surface area contributed by atoms with Gasteiger partial charge in [-0.1, -0.05) is 23.2 Å². The number of benzene rings is 1. The van der Waals surface area contributed by atoms with Crippen LogP contribution >= 0.6 is 46.4 Å². The second-order valence-electron chi connectivity index (χ2n) is 4.04. The maximum Gasteiger partial charge on any atom is 0.322 e. The van der Waals surface area contributed by atoms with Gasteiger partial charge in [0.15, 0.2) is 0 Å². The molecule has 0 N–H and O–H groups in total. The average molecular weight is 399 g/mol. The van der Waals surface area contributed by atoms with Gasteiger partial charge in [0, 0.05) is 5.02 Å². The third-order valence-corrected chi connectivity index (χ3v) is 3.27. The highest BCUT2D eigenvalue weighted by Gasteiger charge is 2.04. The number of rotatable bonds is 8. The molecule has 0 bridgehead atoms. The lowest BCUT2D eigenvalue weighted by atomic mass is 10.3. The van der Waals surface area contributed by atoms with Gasteiger partial charge < -0.3 is 14.2 Å². The predicted octanol–water partition coefficient (Wildman–Crippen LogP) is 3.96. The second-order valence-corrected chi connectivity index (χ2v) is 5.56. The summed E-state index contributed by atoms with van der Waals surface area (Å²) in [5.74, 6) is 0.547. The largest absolute Gasteiger partial charge is 0.490 e. The first-order valence-corrected chi connectivity index (χ1v) is 7.91. The van der Waals surface area contributed by atoms with Gasteiger partial charge in [0.25, 0.3) is 0 Å². The number of nitrogens with zero attached hydrogens (tertiary/aromatic N) is 3. The van der Waals surface area contributed by atoms with E-state index in [4.69, 9.17) is 60.6 Å². The lowest BCUT2D eigenvalue weighted by molar-refractivity contribution is 0.0740. The molecule has 0 unspecified atom stereocenters. The molecule has 0 aliphatic rings. The molecule has 0 aliphatic heterocycles. The first-order chi connectivity index (χ1) is 11.0. The molecule has 1 aromatic heterocycles. The second kappa shape index (κ2) is 9.30. The zero-order valence-corrected chi connectivity index (χ0v) is 14.7.